The summed E-state index contributed by atoms with van der Waals surface area (Å²) in [5.41, 5.74) is 0.0397. The number of nitrogens with zero attached hydrogens (tertiary/aromatic N) is 1. The van der Waals surface area contributed by atoms with Crippen LogP contribution in [0.5, 0.6) is 0 Å². The summed E-state index contributed by atoms with van der Waals surface area (Å²) >= 11 is 0. The summed E-state index contributed by atoms with van der Waals surface area (Å²) in [6, 6.07) is 2.30. The standard InChI is InChI=1S/C14H16F2N2O3/c15-10-5-11(16)7-12(6-10)17-14(21)18-3-1-2-9(8-18)4-13(19)20/h5-7,9H,1-4,8H2,(H,17,21)(H,19,20). The molecule has 5 nitrogen and oxygen atoms in total. The maximum Gasteiger partial charge on any atom is 0.321 e. The highest BCUT2D eigenvalue weighted by molar-refractivity contribution is 5.89. The molecule has 1 aromatic rings. The molecule has 0 saturated carbocycles. The van der Waals surface area contributed by atoms with E-state index in [0.717, 1.165) is 24.6 Å². The van der Waals surface area contributed by atoms with Crippen LogP contribution in [-0.4, -0.2) is 35.1 Å². The maximum atomic E-state index is 13.1. The number of rotatable bonds is 3. The van der Waals surface area contributed by atoms with Crippen molar-refractivity contribution in [1.82, 2.24) is 4.90 Å². The molecule has 2 N–H and O–H groups in total. The Balaban J connectivity index is 1.97. The van der Waals surface area contributed by atoms with Crippen molar-refractivity contribution in [1.29, 1.82) is 0 Å². The van der Waals surface area contributed by atoms with Crippen LogP contribution in [0.25, 0.3) is 0 Å². The third-order valence-electron chi connectivity index (χ3n) is 3.38. The number of amides is 2. The minimum atomic E-state index is -0.894. The minimum absolute atomic E-state index is 0.0123. The summed E-state index contributed by atoms with van der Waals surface area (Å²) in [7, 11) is 0. The van der Waals surface area contributed by atoms with Gasteiger partial charge in [-0.15, -0.1) is 0 Å². The zero-order valence-corrected chi connectivity index (χ0v) is 11.3. The summed E-state index contributed by atoms with van der Waals surface area (Å²) in [5, 5.41) is 11.2. The molecular formula is C14H16F2N2O3. The largest absolute Gasteiger partial charge is 0.481 e. The summed E-state index contributed by atoms with van der Waals surface area (Å²) in [6.45, 7) is 0.829. The summed E-state index contributed by atoms with van der Waals surface area (Å²) in [5.74, 6) is -2.53. The smallest absolute Gasteiger partial charge is 0.321 e. The van der Waals surface area contributed by atoms with E-state index in [1.165, 1.54) is 4.90 Å². The van der Waals surface area contributed by atoms with Gasteiger partial charge in [-0.05, 0) is 30.9 Å². The average Bonchev–Trinajstić information content (AvgIpc) is 2.36. The second-order valence-electron chi connectivity index (χ2n) is 5.14. The van der Waals surface area contributed by atoms with Gasteiger partial charge in [0.25, 0.3) is 0 Å². The molecule has 1 aliphatic rings. The molecule has 0 aromatic heterocycles. The lowest BCUT2D eigenvalue weighted by molar-refractivity contribution is -0.138. The highest BCUT2D eigenvalue weighted by atomic mass is 19.1. The van der Waals surface area contributed by atoms with Gasteiger partial charge >= 0.3 is 12.0 Å². The van der Waals surface area contributed by atoms with Crippen molar-refractivity contribution >= 4 is 17.7 Å². The fraction of sp³-hybridized carbons (Fsp3) is 0.429. The van der Waals surface area contributed by atoms with E-state index in [1.807, 2.05) is 0 Å². The van der Waals surface area contributed by atoms with Gasteiger partial charge in [-0.2, -0.15) is 0 Å². The molecule has 1 aliphatic heterocycles. The number of aliphatic carboxylic acids is 1. The molecule has 0 bridgehead atoms. The number of carboxylic acids is 1. The predicted octanol–water partition coefficient (Wildman–Crippen LogP) is 2.68. The number of piperidine rings is 1. The normalized spacial score (nSPS) is 18.4. The Morgan fingerprint density at radius 1 is 1.29 bits per heavy atom. The first-order valence-electron chi connectivity index (χ1n) is 6.68. The molecule has 0 spiro atoms. The van der Waals surface area contributed by atoms with E-state index >= 15 is 0 Å². The van der Waals surface area contributed by atoms with Crippen molar-refractivity contribution < 1.29 is 23.5 Å². The number of carboxylic acid groups (broad SMARTS) is 1. The van der Waals surface area contributed by atoms with Gasteiger partial charge in [-0.3, -0.25) is 4.79 Å². The monoisotopic (exact) mass is 298 g/mol. The molecule has 1 atom stereocenters. The van der Waals surface area contributed by atoms with Crippen molar-refractivity contribution in [2.45, 2.75) is 19.3 Å². The Morgan fingerprint density at radius 2 is 1.95 bits per heavy atom. The Bertz CT molecular complexity index is 531. The Hall–Kier alpha value is -2.18. The van der Waals surface area contributed by atoms with Crippen LogP contribution in [0.15, 0.2) is 18.2 Å². The third kappa shape index (κ3) is 4.40. The van der Waals surface area contributed by atoms with Crippen molar-refractivity contribution in [3.8, 4) is 0 Å². The molecule has 7 heteroatoms. The molecule has 1 heterocycles. The lowest BCUT2D eigenvalue weighted by atomic mass is 9.95. The number of carbonyl (C=O) groups is 2. The van der Waals surface area contributed by atoms with E-state index in [2.05, 4.69) is 5.32 Å². The molecule has 114 valence electrons. The molecule has 2 amide bonds. The Labute approximate surface area is 120 Å². The minimum Gasteiger partial charge on any atom is -0.481 e. The van der Waals surface area contributed by atoms with E-state index in [0.29, 0.717) is 19.5 Å². The van der Waals surface area contributed by atoms with Gasteiger partial charge in [0.2, 0.25) is 0 Å². The second-order valence-corrected chi connectivity index (χ2v) is 5.14. The van der Waals surface area contributed by atoms with E-state index in [1.54, 1.807) is 0 Å². The summed E-state index contributed by atoms with van der Waals surface area (Å²) in [6.07, 6.45) is 1.48. The fourth-order valence-electron chi connectivity index (χ4n) is 2.49. The number of nitrogens with one attached hydrogen (secondary N) is 1. The van der Waals surface area contributed by atoms with E-state index < -0.39 is 23.6 Å². The number of hydrogen-bond donors (Lipinski definition) is 2. The topological polar surface area (TPSA) is 69.6 Å². The maximum absolute atomic E-state index is 13.1. The van der Waals surface area contributed by atoms with Gasteiger partial charge in [-0.1, -0.05) is 0 Å². The van der Waals surface area contributed by atoms with Gasteiger partial charge in [0.1, 0.15) is 11.6 Å². The molecule has 1 saturated heterocycles. The van der Waals surface area contributed by atoms with E-state index in [-0.39, 0.29) is 18.0 Å². The number of likely N-dealkylation sites (tertiary alicyclic amines) is 1. The van der Waals surface area contributed by atoms with Gasteiger partial charge in [0.05, 0.1) is 0 Å². The second kappa shape index (κ2) is 6.51. The third-order valence-corrected chi connectivity index (χ3v) is 3.38. The van der Waals surface area contributed by atoms with Gasteiger partial charge in [0.15, 0.2) is 0 Å². The Kier molecular flexibility index (Phi) is 4.72. The van der Waals surface area contributed by atoms with Gasteiger partial charge < -0.3 is 15.3 Å². The van der Waals surface area contributed by atoms with Gasteiger partial charge in [0, 0.05) is 31.3 Å². The molecule has 1 fully saturated rings. The fourth-order valence-corrected chi connectivity index (χ4v) is 2.49. The molecule has 1 unspecified atom stereocenters. The van der Waals surface area contributed by atoms with Crippen LogP contribution in [-0.2, 0) is 4.79 Å². The van der Waals surface area contributed by atoms with Crippen molar-refractivity contribution in [2.75, 3.05) is 18.4 Å². The molecule has 1 aromatic carbocycles. The number of halogens is 2. The van der Waals surface area contributed by atoms with E-state index in [4.69, 9.17) is 5.11 Å². The molecule has 21 heavy (non-hydrogen) atoms. The molecule has 0 radical (unpaired) electrons. The first-order chi connectivity index (χ1) is 9.94. The number of benzene rings is 1. The highest BCUT2D eigenvalue weighted by Crippen LogP contribution is 2.21. The molecule has 0 aliphatic carbocycles. The lowest BCUT2D eigenvalue weighted by Crippen LogP contribution is -2.42. The summed E-state index contributed by atoms with van der Waals surface area (Å²) in [4.78, 5) is 24.2. The zero-order valence-electron chi connectivity index (χ0n) is 11.3. The predicted molar refractivity (Wildman–Crippen MR) is 71.9 cm³/mol. The van der Waals surface area contributed by atoms with Crippen LogP contribution in [0.3, 0.4) is 0 Å². The number of urea groups is 1. The van der Waals surface area contributed by atoms with Crippen molar-refractivity contribution in [3.63, 3.8) is 0 Å². The van der Waals surface area contributed by atoms with Gasteiger partial charge in [-0.25, -0.2) is 13.6 Å². The number of carbonyl (C=O) groups excluding carboxylic acids is 1. The quantitative estimate of drug-likeness (QED) is 0.901. The SMILES string of the molecule is O=C(O)CC1CCCN(C(=O)Nc2cc(F)cc(F)c2)C1. The average molecular weight is 298 g/mol. The zero-order chi connectivity index (χ0) is 15.4. The summed E-state index contributed by atoms with van der Waals surface area (Å²) < 4.78 is 26.1. The molecular weight excluding hydrogens is 282 g/mol. The number of anilines is 1. The van der Waals surface area contributed by atoms with Crippen LogP contribution >= 0.6 is 0 Å². The van der Waals surface area contributed by atoms with Crippen LogP contribution in [0.4, 0.5) is 19.3 Å². The van der Waals surface area contributed by atoms with Crippen LogP contribution in [0.1, 0.15) is 19.3 Å². The van der Waals surface area contributed by atoms with Crippen molar-refractivity contribution in [3.05, 3.63) is 29.8 Å². The Morgan fingerprint density at radius 3 is 2.57 bits per heavy atom. The van der Waals surface area contributed by atoms with Crippen molar-refractivity contribution in [2.24, 2.45) is 5.92 Å². The first-order valence-corrected chi connectivity index (χ1v) is 6.68. The highest BCUT2D eigenvalue weighted by Gasteiger charge is 2.25. The number of hydrogen-bond acceptors (Lipinski definition) is 2. The molecule has 2 rings (SSSR count). The van der Waals surface area contributed by atoms with E-state index in [9.17, 15) is 18.4 Å². The lowest BCUT2D eigenvalue weighted by Gasteiger charge is -2.32. The first kappa shape index (κ1) is 15.2. The van der Waals surface area contributed by atoms with Crippen LogP contribution in [0, 0.1) is 17.6 Å². The van der Waals surface area contributed by atoms with Crippen LogP contribution < -0.4 is 5.32 Å². The van der Waals surface area contributed by atoms with Crippen LogP contribution in [0.2, 0.25) is 0 Å².